The maximum absolute atomic E-state index is 13.2. The van der Waals surface area contributed by atoms with Crippen LogP contribution in [-0.2, 0) is 6.42 Å². The molecule has 2 aromatic heterocycles. The number of fused-ring (bicyclic) bond motifs is 1. The van der Waals surface area contributed by atoms with E-state index in [2.05, 4.69) is 23.0 Å². The van der Waals surface area contributed by atoms with Gasteiger partial charge in [-0.3, -0.25) is 0 Å². The fraction of sp³-hybridized carbons (Fsp3) is 0.500. The first-order valence-corrected chi connectivity index (χ1v) is 6.72. The maximum Gasteiger partial charge on any atom is 0.140 e. The van der Waals surface area contributed by atoms with Gasteiger partial charge in [-0.25, -0.2) is 14.4 Å². The van der Waals surface area contributed by atoms with E-state index in [9.17, 15) is 4.39 Å². The molecule has 0 spiro atoms. The highest BCUT2D eigenvalue weighted by Crippen LogP contribution is 2.32. The lowest BCUT2D eigenvalue weighted by Crippen LogP contribution is -2.21. The first-order chi connectivity index (χ1) is 8.28. The van der Waals surface area contributed by atoms with E-state index in [4.69, 9.17) is 0 Å². The zero-order valence-electron chi connectivity index (χ0n) is 9.69. The summed E-state index contributed by atoms with van der Waals surface area (Å²) in [6.07, 6.45) is 2.48. The van der Waals surface area contributed by atoms with E-state index in [1.807, 2.05) is 4.90 Å². The van der Waals surface area contributed by atoms with E-state index in [-0.39, 0.29) is 0 Å². The summed E-state index contributed by atoms with van der Waals surface area (Å²) < 4.78 is 13.2. The number of thiophene rings is 1. The summed E-state index contributed by atoms with van der Waals surface area (Å²) in [6, 6.07) is 2.14. The monoisotopic (exact) mass is 251 g/mol. The standard InChI is InChI=1S/C12H14FN3S/c1-2-9-5-10-11(14-7-15-12(10)17-9)16-4-3-8(13)6-16/h5,7-8H,2-4,6H2,1H3. The number of aryl methyl sites for hydroxylation is 1. The Morgan fingerprint density at radius 3 is 3.12 bits per heavy atom. The second-order valence-electron chi connectivity index (χ2n) is 4.31. The Morgan fingerprint density at radius 2 is 2.41 bits per heavy atom. The van der Waals surface area contributed by atoms with Crippen LogP contribution in [-0.4, -0.2) is 29.2 Å². The van der Waals surface area contributed by atoms with Crippen LogP contribution in [0.25, 0.3) is 10.2 Å². The van der Waals surface area contributed by atoms with Gasteiger partial charge in [-0.15, -0.1) is 11.3 Å². The molecule has 3 nitrogen and oxygen atoms in total. The summed E-state index contributed by atoms with van der Waals surface area (Å²) in [5, 5.41) is 1.07. The molecular weight excluding hydrogens is 237 g/mol. The van der Waals surface area contributed by atoms with E-state index < -0.39 is 6.17 Å². The van der Waals surface area contributed by atoms with E-state index in [0.717, 1.165) is 29.0 Å². The number of nitrogens with zero attached hydrogens (tertiary/aromatic N) is 3. The number of hydrogen-bond acceptors (Lipinski definition) is 4. The zero-order chi connectivity index (χ0) is 11.8. The SMILES string of the molecule is CCc1cc2c(N3CCC(F)C3)ncnc2s1. The molecule has 3 rings (SSSR count). The number of aromatic nitrogens is 2. The molecule has 1 aliphatic heterocycles. The highest BCUT2D eigenvalue weighted by atomic mass is 32.1. The number of alkyl halides is 1. The lowest BCUT2D eigenvalue weighted by atomic mass is 10.3. The highest BCUT2D eigenvalue weighted by Gasteiger charge is 2.24. The van der Waals surface area contributed by atoms with Crippen molar-refractivity contribution in [3.63, 3.8) is 0 Å². The van der Waals surface area contributed by atoms with Gasteiger partial charge in [0.2, 0.25) is 0 Å². The second kappa shape index (κ2) is 4.22. The summed E-state index contributed by atoms with van der Waals surface area (Å²) in [7, 11) is 0. The van der Waals surface area contributed by atoms with Crippen LogP contribution in [0, 0.1) is 0 Å². The van der Waals surface area contributed by atoms with Crippen LogP contribution >= 0.6 is 11.3 Å². The molecule has 2 aromatic rings. The van der Waals surface area contributed by atoms with Crippen molar-refractivity contribution in [1.29, 1.82) is 0 Å². The first-order valence-electron chi connectivity index (χ1n) is 5.90. The largest absolute Gasteiger partial charge is 0.353 e. The first kappa shape index (κ1) is 10.9. The summed E-state index contributed by atoms with van der Waals surface area (Å²) in [6.45, 7) is 3.35. The third kappa shape index (κ3) is 1.88. The third-order valence-corrected chi connectivity index (χ3v) is 4.33. The molecule has 1 aliphatic rings. The van der Waals surface area contributed by atoms with Crippen LogP contribution in [0.3, 0.4) is 0 Å². The van der Waals surface area contributed by atoms with Crippen molar-refractivity contribution < 1.29 is 4.39 Å². The summed E-state index contributed by atoms with van der Waals surface area (Å²) in [5.41, 5.74) is 0. The van der Waals surface area contributed by atoms with Crippen LogP contribution in [0.15, 0.2) is 12.4 Å². The molecule has 1 unspecified atom stereocenters. The van der Waals surface area contributed by atoms with Gasteiger partial charge in [-0.2, -0.15) is 0 Å². The Labute approximate surface area is 103 Å². The highest BCUT2D eigenvalue weighted by molar-refractivity contribution is 7.18. The fourth-order valence-corrected chi connectivity index (χ4v) is 3.16. The molecule has 0 bridgehead atoms. The minimum Gasteiger partial charge on any atom is -0.353 e. The van der Waals surface area contributed by atoms with Gasteiger partial charge in [-0.1, -0.05) is 6.92 Å². The van der Waals surface area contributed by atoms with Crippen LogP contribution in [0.5, 0.6) is 0 Å². The van der Waals surface area contributed by atoms with Crippen LogP contribution < -0.4 is 4.90 Å². The average Bonchev–Trinajstić information content (AvgIpc) is 2.93. The van der Waals surface area contributed by atoms with Gasteiger partial charge in [0, 0.05) is 11.4 Å². The molecule has 5 heteroatoms. The Morgan fingerprint density at radius 1 is 1.53 bits per heavy atom. The van der Waals surface area contributed by atoms with E-state index in [0.29, 0.717) is 13.0 Å². The lowest BCUT2D eigenvalue weighted by molar-refractivity contribution is 0.364. The van der Waals surface area contributed by atoms with Crippen LogP contribution in [0.4, 0.5) is 10.2 Å². The normalized spacial score (nSPS) is 20.4. The minimum atomic E-state index is -0.718. The van der Waals surface area contributed by atoms with Gasteiger partial charge in [0.25, 0.3) is 0 Å². The van der Waals surface area contributed by atoms with Crippen molar-refractivity contribution in [3.8, 4) is 0 Å². The molecule has 0 aliphatic carbocycles. The molecule has 3 heterocycles. The molecule has 0 amide bonds. The van der Waals surface area contributed by atoms with Crippen molar-refractivity contribution in [2.24, 2.45) is 0 Å². The third-order valence-electron chi connectivity index (χ3n) is 3.14. The second-order valence-corrected chi connectivity index (χ2v) is 5.43. The molecule has 1 fully saturated rings. The molecule has 0 aromatic carbocycles. The Hall–Kier alpha value is -1.23. The van der Waals surface area contributed by atoms with Crippen LogP contribution in [0.1, 0.15) is 18.2 Å². The topological polar surface area (TPSA) is 29.0 Å². The molecule has 0 N–H and O–H groups in total. The zero-order valence-corrected chi connectivity index (χ0v) is 10.5. The van der Waals surface area contributed by atoms with Gasteiger partial charge in [-0.05, 0) is 18.9 Å². The molecule has 90 valence electrons. The summed E-state index contributed by atoms with van der Waals surface area (Å²) in [5.74, 6) is 0.895. The van der Waals surface area contributed by atoms with Gasteiger partial charge in [0.1, 0.15) is 23.1 Å². The van der Waals surface area contributed by atoms with Crippen molar-refractivity contribution >= 4 is 27.4 Å². The predicted octanol–water partition coefficient (Wildman–Crippen LogP) is 2.80. The van der Waals surface area contributed by atoms with E-state index >= 15 is 0 Å². The number of halogens is 1. The Balaban J connectivity index is 2.06. The molecule has 1 saturated heterocycles. The van der Waals surface area contributed by atoms with Crippen LogP contribution in [0.2, 0.25) is 0 Å². The number of rotatable bonds is 2. The molecule has 1 atom stereocenters. The lowest BCUT2D eigenvalue weighted by Gasteiger charge is -2.16. The van der Waals surface area contributed by atoms with E-state index in [1.165, 1.54) is 4.88 Å². The average molecular weight is 251 g/mol. The molecular formula is C12H14FN3S. The Bertz CT molecular complexity index is 540. The fourth-order valence-electron chi connectivity index (χ4n) is 2.23. The smallest absolute Gasteiger partial charge is 0.140 e. The number of hydrogen-bond donors (Lipinski definition) is 0. The maximum atomic E-state index is 13.2. The Kier molecular flexibility index (Phi) is 2.70. The number of anilines is 1. The van der Waals surface area contributed by atoms with Crippen molar-refractivity contribution in [2.45, 2.75) is 25.9 Å². The van der Waals surface area contributed by atoms with Crippen molar-refractivity contribution in [2.75, 3.05) is 18.0 Å². The summed E-state index contributed by atoms with van der Waals surface area (Å²) in [4.78, 5) is 13.0. The van der Waals surface area contributed by atoms with Gasteiger partial charge in [0.15, 0.2) is 0 Å². The van der Waals surface area contributed by atoms with Gasteiger partial charge < -0.3 is 4.90 Å². The molecule has 0 radical (unpaired) electrons. The predicted molar refractivity (Wildman–Crippen MR) is 68.5 cm³/mol. The van der Waals surface area contributed by atoms with Gasteiger partial charge in [0.05, 0.1) is 11.9 Å². The van der Waals surface area contributed by atoms with Crippen molar-refractivity contribution in [3.05, 3.63) is 17.3 Å². The summed E-state index contributed by atoms with van der Waals surface area (Å²) >= 11 is 1.70. The van der Waals surface area contributed by atoms with E-state index in [1.54, 1.807) is 17.7 Å². The minimum absolute atomic E-state index is 0.462. The van der Waals surface area contributed by atoms with Crippen molar-refractivity contribution in [1.82, 2.24) is 9.97 Å². The quantitative estimate of drug-likeness (QED) is 0.822. The van der Waals surface area contributed by atoms with Gasteiger partial charge >= 0.3 is 0 Å². The molecule has 17 heavy (non-hydrogen) atoms. The molecule has 0 saturated carbocycles.